The van der Waals surface area contributed by atoms with E-state index in [-0.39, 0.29) is 5.91 Å². The average molecular weight is 168 g/mol. The number of hydrogen-bond donors (Lipinski definition) is 2. The molecule has 12 heavy (non-hydrogen) atoms. The van der Waals surface area contributed by atoms with Crippen LogP contribution in [-0.2, 0) is 4.79 Å². The molecule has 0 heterocycles. The predicted octanol–water partition coefficient (Wildman–Crippen LogP) is 0.126. The molecule has 3 nitrogen and oxygen atoms in total. The van der Waals surface area contributed by atoms with E-state index in [2.05, 4.69) is 22.5 Å². The highest BCUT2D eigenvalue weighted by atomic mass is 16.1. The highest BCUT2D eigenvalue weighted by Crippen LogP contribution is 1.77. The number of amides is 1. The van der Waals surface area contributed by atoms with Gasteiger partial charge in [-0.15, -0.1) is 11.8 Å². The molecule has 0 saturated carbocycles. The number of rotatable bonds is 5. The first-order chi connectivity index (χ1) is 5.81. The fourth-order valence-corrected chi connectivity index (χ4v) is 0.716. The van der Waals surface area contributed by atoms with E-state index in [0.717, 1.165) is 13.0 Å². The molecule has 0 atom stereocenters. The Balaban J connectivity index is 3.23. The van der Waals surface area contributed by atoms with Crippen molar-refractivity contribution >= 4 is 5.91 Å². The van der Waals surface area contributed by atoms with Crippen LogP contribution >= 0.6 is 0 Å². The molecule has 0 aromatic rings. The smallest absolute Gasteiger partial charge is 0.221 e. The van der Waals surface area contributed by atoms with Crippen LogP contribution in [0.3, 0.4) is 0 Å². The van der Waals surface area contributed by atoms with E-state index in [4.69, 9.17) is 0 Å². The Bertz CT molecular complexity index is 179. The minimum atomic E-state index is 0.0854. The van der Waals surface area contributed by atoms with Crippen molar-refractivity contribution in [1.82, 2.24) is 10.6 Å². The highest BCUT2D eigenvalue weighted by molar-refractivity contribution is 5.76. The van der Waals surface area contributed by atoms with Gasteiger partial charge < -0.3 is 10.6 Å². The minimum Gasteiger partial charge on any atom is -0.355 e. The van der Waals surface area contributed by atoms with Crippen molar-refractivity contribution in [2.45, 2.75) is 19.8 Å². The van der Waals surface area contributed by atoms with Gasteiger partial charge in [-0.2, -0.15) is 0 Å². The summed E-state index contributed by atoms with van der Waals surface area (Å²) in [5.74, 6) is 5.74. The molecule has 0 bridgehead atoms. The Morgan fingerprint density at radius 3 is 2.75 bits per heavy atom. The Hall–Kier alpha value is -1.01. The van der Waals surface area contributed by atoms with Gasteiger partial charge in [-0.05, 0) is 14.0 Å². The minimum absolute atomic E-state index is 0.0854. The maximum absolute atomic E-state index is 11.0. The van der Waals surface area contributed by atoms with Crippen LogP contribution in [0.2, 0.25) is 0 Å². The molecule has 0 rings (SSSR count). The van der Waals surface area contributed by atoms with Gasteiger partial charge in [0.1, 0.15) is 0 Å². The molecule has 0 saturated heterocycles. The second-order valence-electron chi connectivity index (χ2n) is 2.38. The van der Waals surface area contributed by atoms with Gasteiger partial charge in [0.15, 0.2) is 0 Å². The normalized spacial score (nSPS) is 8.50. The Labute approximate surface area is 73.9 Å². The van der Waals surface area contributed by atoms with Crippen LogP contribution in [-0.4, -0.2) is 26.0 Å². The van der Waals surface area contributed by atoms with E-state index in [1.807, 2.05) is 7.05 Å². The fraction of sp³-hybridized carbons (Fsp3) is 0.667. The van der Waals surface area contributed by atoms with Gasteiger partial charge in [0.2, 0.25) is 5.91 Å². The molecule has 68 valence electrons. The molecule has 0 aromatic heterocycles. The van der Waals surface area contributed by atoms with Crippen LogP contribution in [0, 0.1) is 11.8 Å². The Morgan fingerprint density at radius 1 is 1.42 bits per heavy atom. The SMILES string of the molecule is CC#CCCNC(=O)CCNC. The zero-order valence-electron chi connectivity index (χ0n) is 7.74. The molecule has 0 aliphatic rings. The van der Waals surface area contributed by atoms with E-state index in [1.165, 1.54) is 0 Å². The van der Waals surface area contributed by atoms with Crippen molar-refractivity contribution in [2.24, 2.45) is 0 Å². The lowest BCUT2D eigenvalue weighted by Gasteiger charge is -2.01. The maximum Gasteiger partial charge on any atom is 0.221 e. The van der Waals surface area contributed by atoms with E-state index < -0.39 is 0 Å². The third-order valence-electron chi connectivity index (χ3n) is 1.35. The largest absolute Gasteiger partial charge is 0.355 e. The first-order valence-electron chi connectivity index (χ1n) is 4.12. The van der Waals surface area contributed by atoms with Crippen molar-refractivity contribution in [2.75, 3.05) is 20.1 Å². The quantitative estimate of drug-likeness (QED) is 0.452. The van der Waals surface area contributed by atoms with Crippen LogP contribution < -0.4 is 10.6 Å². The first kappa shape index (κ1) is 11.0. The second-order valence-corrected chi connectivity index (χ2v) is 2.38. The van der Waals surface area contributed by atoms with Crippen molar-refractivity contribution < 1.29 is 4.79 Å². The van der Waals surface area contributed by atoms with Crippen LogP contribution in [0.15, 0.2) is 0 Å². The summed E-state index contributed by atoms with van der Waals surface area (Å²) >= 11 is 0. The van der Waals surface area contributed by atoms with E-state index in [9.17, 15) is 4.79 Å². The predicted molar refractivity (Wildman–Crippen MR) is 49.6 cm³/mol. The van der Waals surface area contributed by atoms with E-state index in [0.29, 0.717) is 13.0 Å². The second kappa shape index (κ2) is 8.09. The molecule has 0 aromatic carbocycles. The summed E-state index contributed by atoms with van der Waals surface area (Å²) in [7, 11) is 1.83. The van der Waals surface area contributed by atoms with Crippen LogP contribution in [0.25, 0.3) is 0 Å². The van der Waals surface area contributed by atoms with Crippen molar-refractivity contribution in [3.05, 3.63) is 0 Å². The zero-order chi connectivity index (χ0) is 9.23. The lowest BCUT2D eigenvalue weighted by atomic mass is 10.3. The molecule has 0 aliphatic heterocycles. The van der Waals surface area contributed by atoms with Gasteiger partial charge in [0, 0.05) is 25.9 Å². The topological polar surface area (TPSA) is 41.1 Å². The Kier molecular flexibility index (Phi) is 7.41. The first-order valence-corrected chi connectivity index (χ1v) is 4.12. The lowest BCUT2D eigenvalue weighted by Crippen LogP contribution is -2.27. The van der Waals surface area contributed by atoms with Crippen molar-refractivity contribution in [1.29, 1.82) is 0 Å². The third-order valence-corrected chi connectivity index (χ3v) is 1.35. The van der Waals surface area contributed by atoms with Crippen molar-refractivity contribution in [3.8, 4) is 11.8 Å². The van der Waals surface area contributed by atoms with Crippen LogP contribution in [0.1, 0.15) is 19.8 Å². The van der Waals surface area contributed by atoms with Crippen LogP contribution in [0.4, 0.5) is 0 Å². The standard InChI is InChI=1S/C9H16N2O/c1-3-4-5-7-11-9(12)6-8-10-2/h10H,5-8H2,1-2H3,(H,11,12). The van der Waals surface area contributed by atoms with Gasteiger partial charge in [-0.25, -0.2) is 0 Å². The van der Waals surface area contributed by atoms with E-state index >= 15 is 0 Å². The van der Waals surface area contributed by atoms with Gasteiger partial charge in [-0.3, -0.25) is 4.79 Å². The lowest BCUT2D eigenvalue weighted by molar-refractivity contribution is -0.120. The Morgan fingerprint density at radius 2 is 2.17 bits per heavy atom. The molecular weight excluding hydrogens is 152 g/mol. The van der Waals surface area contributed by atoms with Crippen molar-refractivity contribution in [3.63, 3.8) is 0 Å². The molecular formula is C9H16N2O. The average Bonchev–Trinajstić information content (AvgIpc) is 2.09. The summed E-state index contributed by atoms with van der Waals surface area (Å²) in [6, 6.07) is 0. The zero-order valence-corrected chi connectivity index (χ0v) is 7.74. The summed E-state index contributed by atoms with van der Waals surface area (Å²) in [5.41, 5.74) is 0. The van der Waals surface area contributed by atoms with Gasteiger partial charge in [0.05, 0.1) is 0 Å². The molecule has 1 amide bonds. The molecule has 3 heteroatoms. The molecule has 0 aliphatic carbocycles. The fourth-order valence-electron chi connectivity index (χ4n) is 0.716. The summed E-state index contributed by atoms with van der Waals surface area (Å²) in [4.78, 5) is 11.0. The molecule has 0 unspecified atom stereocenters. The monoisotopic (exact) mass is 168 g/mol. The molecule has 0 spiro atoms. The number of carbonyl (C=O) groups excluding carboxylic acids is 1. The van der Waals surface area contributed by atoms with Gasteiger partial charge in [0.25, 0.3) is 0 Å². The summed E-state index contributed by atoms with van der Waals surface area (Å²) in [6.07, 6.45) is 1.28. The maximum atomic E-state index is 11.0. The third kappa shape index (κ3) is 7.10. The van der Waals surface area contributed by atoms with Gasteiger partial charge in [-0.1, -0.05) is 0 Å². The summed E-state index contributed by atoms with van der Waals surface area (Å²) < 4.78 is 0. The molecule has 2 N–H and O–H groups in total. The number of nitrogens with one attached hydrogen (secondary N) is 2. The molecule has 0 radical (unpaired) electrons. The summed E-state index contributed by atoms with van der Waals surface area (Å²) in [6.45, 7) is 3.18. The van der Waals surface area contributed by atoms with E-state index in [1.54, 1.807) is 6.92 Å². The molecule has 0 fully saturated rings. The number of hydrogen-bond acceptors (Lipinski definition) is 2. The highest BCUT2D eigenvalue weighted by Gasteiger charge is 1.96. The summed E-state index contributed by atoms with van der Waals surface area (Å²) in [5, 5.41) is 5.68. The van der Waals surface area contributed by atoms with Gasteiger partial charge >= 0.3 is 0 Å². The van der Waals surface area contributed by atoms with Crippen LogP contribution in [0.5, 0.6) is 0 Å². The number of carbonyl (C=O) groups is 1.